The van der Waals surface area contributed by atoms with Gasteiger partial charge in [-0.2, -0.15) is 0 Å². The van der Waals surface area contributed by atoms with Gasteiger partial charge in [-0.25, -0.2) is 4.79 Å². The zero-order chi connectivity index (χ0) is 7.02. The van der Waals surface area contributed by atoms with Crippen LogP contribution >= 0.6 is 0 Å². The summed E-state index contributed by atoms with van der Waals surface area (Å²) < 4.78 is 4.50. The van der Waals surface area contributed by atoms with Crippen molar-refractivity contribution in [3.63, 3.8) is 0 Å². The van der Waals surface area contributed by atoms with Crippen LogP contribution in [0.15, 0.2) is 11.5 Å². The topological polar surface area (TPSA) is 72.5 Å². The van der Waals surface area contributed by atoms with Crippen LogP contribution in [0.5, 0.6) is 0 Å². The molecule has 1 unspecified atom stereocenters. The van der Waals surface area contributed by atoms with Gasteiger partial charge in [-0.1, -0.05) is 0 Å². The highest BCUT2D eigenvalue weighted by molar-refractivity contribution is 5.90. The molecule has 0 aromatic heterocycles. The number of cyclic esters (lactones) is 1. The van der Waals surface area contributed by atoms with Gasteiger partial charge < -0.3 is 15.6 Å². The number of ether oxygens (including phenoxy) is 1. The molecule has 1 atom stereocenters. The fraction of sp³-hybridized carbons (Fsp3) is 0.400. The first kappa shape index (κ1) is 5.94. The van der Waals surface area contributed by atoms with Gasteiger partial charge in [0.1, 0.15) is 0 Å². The molecule has 1 aliphatic heterocycles. The Hall–Kier alpha value is -1.19. The molecule has 4 nitrogen and oxygen atoms in total. The van der Waals surface area contributed by atoms with Crippen molar-refractivity contribution in [1.82, 2.24) is 0 Å². The van der Waals surface area contributed by atoms with Gasteiger partial charge in [0.05, 0.1) is 0 Å². The molecule has 0 saturated heterocycles. The van der Waals surface area contributed by atoms with E-state index in [2.05, 4.69) is 4.74 Å². The summed E-state index contributed by atoms with van der Waals surface area (Å²) in [5.41, 5.74) is 4.89. The molecule has 3 N–H and O–H groups in total. The second kappa shape index (κ2) is 1.65. The van der Waals surface area contributed by atoms with Gasteiger partial charge in [0.2, 0.25) is 0 Å². The molecule has 1 aliphatic rings. The summed E-state index contributed by atoms with van der Waals surface area (Å²) in [7, 11) is 0. The molecule has 0 radical (unpaired) electrons. The molecular weight excluding hydrogens is 122 g/mol. The quantitative estimate of drug-likeness (QED) is 0.439. The van der Waals surface area contributed by atoms with Crippen molar-refractivity contribution in [2.45, 2.75) is 13.0 Å². The number of nitrogens with two attached hydrogens (primary N) is 1. The van der Waals surface area contributed by atoms with Crippen molar-refractivity contribution >= 4 is 5.97 Å². The van der Waals surface area contributed by atoms with Crippen LogP contribution in [0.4, 0.5) is 0 Å². The Morgan fingerprint density at radius 1 is 1.78 bits per heavy atom. The van der Waals surface area contributed by atoms with E-state index in [0.717, 1.165) is 0 Å². The van der Waals surface area contributed by atoms with E-state index in [0.29, 0.717) is 0 Å². The van der Waals surface area contributed by atoms with E-state index in [1.54, 1.807) is 6.92 Å². The van der Waals surface area contributed by atoms with Crippen LogP contribution in [0, 0.1) is 0 Å². The Morgan fingerprint density at radius 3 is 2.44 bits per heavy atom. The van der Waals surface area contributed by atoms with E-state index < -0.39 is 12.1 Å². The van der Waals surface area contributed by atoms with E-state index in [1.807, 2.05) is 0 Å². The smallest absolute Gasteiger partial charge is 0.358 e. The third-order valence-corrected chi connectivity index (χ3v) is 1.16. The van der Waals surface area contributed by atoms with Crippen LogP contribution in [0.2, 0.25) is 0 Å². The van der Waals surface area contributed by atoms with Gasteiger partial charge in [-0.15, -0.1) is 0 Å². The molecule has 0 amide bonds. The summed E-state index contributed by atoms with van der Waals surface area (Å²) in [5.74, 6) is -0.806. The van der Waals surface area contributed by atoms with Crippen LogP contribution in [-0.2, 0) is 9.53 Å². The SMILES string of the molecule is CC1OC(=O)C(N)=C1O. The Bertz CT molecular complexity index is 185. The molecule has 0 saturated carbocycles. The van der Waals surface area contributed by atoms with E-state index in [-0.39, 0.29) is 11.5 Å². The van der Waals surface area contributed by atoms with Crippen LogP contribution in [0.25, 0.3) is 0 Å². The van der Waals surface area contributed by atoms with Crippen molar-refractivity contribution in [2.75, 3.05) is 0 Å². The Labute approximate surface area is 51.9 Å². The summed E-state index contributed by atoms with van der Waals surface area (Å²) in [5, 5.41) is 8.85. The van der Waals surface area contributed by atoms with Gasteiger partial charge in [-0.05, 0) is 6.92 Å². The van der Waals surface area contributed by atoms with Crippen LogP contribution in [0.1, 0.15) is 6.92 Å². The lowest BCUT2D eigenvalue weighted by Gasteiger charge is -1.98. The fourth-order valence-electron chi connectivity index (χ4n) is 0.603. The van der Waals surface area contributed by atoms with Gasteiger partial charge in [-0.3, -0.25) is 0 Å². The average molecular weight is 129 g/mol. The number of aliphatic hydroxyl groups excluding tert-OH is 1. The van der Waals surface area contributed by atoms with Crippen molar-refractivity contribution in [3.8, 4) is 0 Å². The molecule has 9 heavy (non-hydrogen) atoms. The maximum Gasteiger partial charge on any atom is 0.358 e. The summed E-state index contributed by atoms with van der Waals surface area (Å²) in [6, 6.07) is 0. The third kappa shape index (κ3) is 0.718. The zero-order valence-electron chi connectivity index (χ0n) is 4.92. The van der Waals surface area contributed by atoms with E-state index in [9.17, 15) is 4.79 Å². The monoisotopic (exact) mass is 129 g/mol. The van der Waals surface area contributed by atoms with Crippen LogP contribution < -0.4 is 5.73 Å². The minimum Gasteiger partial charge on any atom is -0.506 e. The van der Waals surface area contributed by atoms with Crippen molar-refractivity contribution in [1.29, 1.82) is 0 Å². The zero-order valence-corrected chi connectivity index (χ0v) is 4.92. The third-order valence-electron chi connectivity index (χ3n) is 1.16. The highest BCUT2D eigenvalue weighted by atomic mass is 16.6. The minimum atomic E-state index is -0.639. The molecule has 0 aliphatic carbocycles. The average Bonchev–Trinajstić information content (AvgIpc) is 1.98. The summed E-state index contributed by atoms with van der Waals surface area (Å²) >= 11 is 0. The summed E-state index contributed by atoms with van der Waals surface area (Å²) in [4.78, 5) is 10.4. The largest absolute Gasteiger partial charge is 0.506 e. The summed E-state index contributed by atoms with van der Waals surface area (Å²) in [6.07, 6.45) is -0.572. The number of hydrogen-bond donors (Lipinski definition) is 2. The highest BCUT2D eigenvalue weighted by Gasteiger charge is 2.28. The number of aliphatic hydroxyl groups is 1. The van der Waals surface area contributed by atoms with Gasteiger partial charge in [0, 0.05) is 0 Å². The maximum atomic E-state index is 10.4. The molecule has 1 heterocycles. The Kier molecular flexibility index (Phi) is 1.09. The number of rotatable bonds is 0. The molecule has 0 aromatic rings. The number of hydrogen-bond acceptors (Lipinski definition) is 4. The molecule has 0 aromatic carbocycles. The highest BCUT2D eigenvalue weighted by Crippen LogP contribution is 2.15. The fourth-order valence-corrected chi connectivity index (χ4v) is 0.603. The second-order valence-corrected chi connectivity index (χ2v) is 1.85. The van der Waals surface area contributed by atoms with Gasteiger partial charge in [0.15, 0.2) is 17.6 Å². The first-order valence-electron chi connectivity index (χ1n) is 2.52. The van der Waals surface area contributed by atoms with Crippen molar-refractivity contribution in [2.24, 2.45) is 5.73 Å². The van der Waals surface area contributed by atoms with E-state index >= 15 is 0 Å². The first-order chi connectivity index (χ1) is 4.13. The lowest BCUT2D eigenvalue weighted by Crippen LogP contribution is -2.08. The molecule has 0 bridgehead atoms. The van der Waals surface area contributed by atoms with Gasteiger partial charge in [0.25, 0.3) is 0 Å². The molecule has 0 fully saturated rings. The first-order valence-corrected chi connectivity index (χ1v) is 2.52. The predicted octanol–water partition coefficient (Wildman–Crippen LogP) is -0.340. The van der Waals surface area contributed by atoms with E-state index in [4.69, 9.17) is 10.8 Å². The molecule has 0 spiro atoms. The van der Waals surface area contributed by atoms with E-state index in [1.165, 1.54) is 0 Å². The molecule has 50 valence electrons. The number of carbonyl (C=O) groups is 1. The predicted molar refractivity (Wildman–Crippen MR) is 29.4 cm³/mol. The second-order valence-electron chi connectivity index (χ2n) is 1.85. The molecule has 4 heteroatoms. The normalized spacial score (nSPS) is 26.8. The minimum absolute atomic E-state index is 0.167. The lowest BCUT2D eigenvalue weighted by molar-refractivity contribution is -0.139. The molecular formula is C5H7NO3. The molecule has 1 rings (SSSR count). The lowest BCUT2D eigenvalue weighted by atomic mass is 10.3. The maximum absolute atomic E-state index is 10.4. The Balaban J connectivity index is 2.92. The number of carbonyl (C=O) groups excluding carboxylic acids is 1. The Morgan fingerprint density at radius 2 is 2.33 bits per heavy atom. The van der Waals surface area contributed by atoms with Crippen LogP contribution in [-0.4, -0.2) is 17.2 Å². The van der Waals surface area contributed by atoms with Gasteiger partial charge >= 0.3 is 5.97 Å². The van der Waals surface area contributed by atoms with Crippen LogP contribution in [0.3, 0.4) is 0 Å². The standard InChI is InChI=1S/C5H7NO3/c1-2-4(7)3(6)5(8)9-2/h2,7H,6H2,1H3. The summed E-state index contributed by atoms with van der Waals surface area (Å²) in [6.45, 7) is 1.55. The van der Waals surface area contributed by atoms with Crippen molar-refractivity contribution < 1.29 is 14.6 Å². The number of esters is 1. The van der Waals surface area contributed by atoms with Crippen molar-refractivity contribution in [3.05, 3.63) is 11.5 Å².